The average Bonchev–Trinajstić information content (AvgIpc) is 2.20. The van der Waals surface area contributed by atoms with Gasteiger partial charge in [-0.3, -0.25) is 4.79 Å². The molecule has 0 spiro atoms. The van der Waals surface area contributed by atoms with E-state index < -0.39 is 0 Å². The highest BCUT2D eigenvalue weighted by Gasteiger charge is 2.13. The van der Waals surface area contributed by atoms with Crippen LogP contribution in [0.15, 0.2) is 18.2 Å². The van der Waals surface area contributed by atoms with Crippen molar-refractivity contribution in [2.45, 2.75) is 27.2 Å². The molecular formula is C13H19ClN2O. The first-order valence-electron chi connectivity index (χ1n) is 5.63. The molecule has 0 saturated heterocycles. The van der Waals surface area contributed by atoms with Gasteiger partial charge in [0.25, 0.3) is 5.91 Å². The topological polar surface area (TPSA) is 55.1 Å². The molecule has 17 heavy (non-hydrogen) atoms. The van der Waals surface area contributed by atoms with Crippen LogP contribution in [0.1, 0.15) is 37.6 Å². The van der Waals surface area contributed by atoms with E-state index in [2.05, 4.69) is 26.1 Å². The maximum absolute atomic E-state index is 11.9. The van der Waals surface area contributed by atoms with Crippen LogP contribution in [0, 0.1) is 5.41 Å². The van der Waals surface area contributed by atoms with Crippen LogP contribution in [0.4, 0.5) is 5.69 Å². The summed E-state index contributed by atoms with van der Waals surface area (Å²) in [6.07, 6.45) is 0.916. The maximum atomic E-state index is 11.9. The molecule has 1 amide bonds. The molecular weight excluding hydrogens is 236 g/mol. The molecule has 0 heterocycles. The Morgan fingerprint density at radius 1 is 1.41 bits per heavy atom. The number of hydrogen-bond donors (Lipinski definition) is 2. The fourth-order valence-electron chi connectivity index (χ4n) is 1.38. The van der Waals surface area contributed by atoms with Gasteiger partial charge in [0.15, 0.2) is 0 Å². The molecule has 94 valence electrons. The number of carbonyl (C=O) groups excluding carboxylic acids is 1. The second-order valence-corrected chi connectivity index (χ2v) is 5.67. The molecule has 1 rings (SSSR count). The fourth-order valence-corrected chi connectivity index (χ4v) is 1.56. The first-order valence-corrected chi connectivity index (χ1v) is 6.01. The van der Waals surface area contributed by atoms with Crippen molar-refractivity contribution in [2.75, 3.05) is 12.3 Å². The van der Waals surface area contributed by atoms with Gasteiger partial charge < -0.3 is 11.1 Å². The van der Waals surface area contributed by atoms with Crippen molar-refractivity contribution in [3.63, 3.8) is 0 Å². The third kappa shape index (κ3) is 4.27. The van der Waals surface area contributed by atoms with Crippen LogP contribution in [-0.4, -0.2) is 12.5 Å². The van der Waals surface area contributed by atoms with Crippen molar-refractivity contribution in [1.29, 1.82) is 0 Å². The third-order valence-corrected chi connectivity index (χ3v) is 2.79. The summed E-state index contributed by atoms with van der Waals surface area (Å²) < 4.78 is 0. The van der Waals surface area contributed by atoms with Crippen molar-refractivity contribution in [3.05, 3.63) is 28.8 Å². The number of nitrogen functional groups attached to an aromatic ring is 1. The van der Waals surface area contributed by atoms with E-state index in [4.69, 9.17) is 17.3 Å². The Labute approximate surface area is 107 Å². The minimum atomic E-state index is -0.172. The molecule has 0 radical (unpaired) electrons. The number of amides is 1. The van der Waals surface area contributed by atoms with E-state index in [9.17, 15) is 4.79 Å². The SMILES string of the molecule is CC(C)(C)CCNC(=O)c1cccc(Cl)c1N. The molecule has 1 aromatic carbocycles. The normalized spacial score (nSPS) is 11.3. The highest BCUT2D eigenvalue weighted by molar-refractivity contribution is 6.33. The van der Waals surface area contributed by atoms with Crippen LogP contribution in [-0.2, 0) is 0 Å². The Hall–Kier alpha value is -1.22. The number of anilines is 1. The molecule has 0 unspecified atom stereocenters. The van der Waals surface area contributed by atoms with Gasteiger partial charge in [0.1, 0.15) is 0 Å². The van der Waals surface area contributed by atoms with E-state index in [0.29, 0.717) is 22.8 Å². The Kier molecular flexibility index (Phi) is 4.40. The lowest BCUT2D eigenvalue weighted by molar-refractivity contribution is 0.0950. The first kappa shape index (κ1) is 13.8. The molecule has 0 fully saturated rings. The molecule has 1 aromatic rings. The predicted octanol–water partition coefficient (Wildman–Crippen LogP) is 3.09. The van der Waals surface area contributed by atoms with Crippen molar-refractivity contribution < 1.29 is 4.79 Å². The van der Waals surface area contributed by atoms with E-state index in [0.717, 1.165) is 6.42 Å². The standard InChI is InChI=1S/C13H19ClN2O/c1-13(2,3)7-8-16-12(17)9-5-4-6-10(14)11(9)15/h4-6H,7-8,15H2,1-3H3,(H,16,17). The molecule has 0 atom stereocenters. The fraction of sp³-hybridized carbons (Fsp3) is 0.462. The van der Waals surface area contributed by atoms with Gasteiger partial charge in [-0.05, 0) is 24.0 Å². The number of nitrogens with one attached hydrogen (secondary N) is 1. The zero-order chi connectivity index (χ0) is 13.1. The smallest absolute Gasteiger partial charge is 0.253 e. The van der Waals surface area contributed by atoms with Crippen LogP contribution < -0.4 is 11.1 Å². The molecule has 0 aromatic heterocycles. The van der Waals surface area contributed by atoms with Gasteiger partial charge in [-0.1, -0.05) is 38.4 Å². The Bertz CT molecular complexity index is 410. The number of rotatable bonds is 3. The van der Waals surface area contributed by atoms with Crippen LogP contribution in [0.25, 0.3) is 0 Å². The minimum Gasteiger partial charge on any atom is -0.397 e. The molecule has 3 nitrogen and oxygen atoms in total. The van der Waals surface area contributed by atoms with Gasteiger partial charge in [-0.2, -0.15) is 0 Å². The van der Waals surface area contributed by atoms with E-state index in [1.54, 1.807) is 18.2 Å². The second-order valence-electron chi connectivity index (χ2n) is 5.27. The van der Waals surface area contributed by atoms with Crippen molar-refractivity contribution in [1.82, 2.24) is 5.32 Å². The van der Waals surface area contributed by atoms with E-state index >= 15 is 0 Å². The quantitative estimate of drug-likeness (QED) is 0.815. The van der Waals surface area contributed by atoms with Crippen LogP contribution >= 0.6 is 11.6 Å². The lowest BCUT2D eigenvalue weighted by atomic mass is 9.92. The minimum absolute atomic E-state index is 0.172. The summed E-state index contributed by atoms with van der Waals surface area (Å²) in [6, 6.07) is 5.06. The number of nitrogens with two attached hydrogens (primary N) is 1. The summed E-state index contributed by atoms with van der Waals surface area (Å²) in [5, 5.41) is 3.26. The molecule has 3 N–H and O–H groups in total. The average molecular weight is 255 g/mol. The Morgan fingerprint density at radius 2 is 2.06 bits per heavy atom. The summed E-state index contributed by atoms with van der Waals surface area (Å²) in [5.74, 6) is -0.172. The van der Waals surface area contributed by atoms with Crippen LogP contribution in [0.5, 0.6) is 0 Å². The molecule has 0 aliphatic carbocycles. The summed E-state index contributed by atoms with van der Waals surface area (Å²) >= 11 is 5.86. The van der Waals surface area contributed by atoms with E-state index in [1.807, 2.05) is 0 Å². The summed E-state index contributed by atoms with van der Waals surface area (Å²) in [4.78, 5) is 11.9. The monoisotopic (exact) mass is 254 g/mol. The summed E-state index contributed by atoms with van der Waals surface area (Å²) in [7, 11) is 0. The molecule has 0 aliphatic heterocycles. The number of halogens is 1. The van der Waals surface area contributed by atoms with Gasteiger partial charge >= 0.3 is 0 Å². The zero-order valence-corrected chi connectivity index (χ0v) is 11.3. The summed E-state index contributed by atoms with van der Waals surface area (Å²) in [6.45, 7) is 7.03. The van der Waals surface area contributed by atoms with Gasteiger partial charge in [0.2, 0.25) is 0 Å². The van der Waals surface area contributed by atoms with Crippen molar-refractivity contribution in [3.8, 4) is 0 Å². The number of benzene rings is 1. The van der Waals surface area contributed by atoms with Crippen molar-refractivity contribution >= 4 is 23.2 Å². The van der Waals surface area contributed by atoms with E-state index in [-0.39, 0.29) is 11.3 Å². The zero-order valence-electron chi connectivity index (χ0n) is 10.5. The van der Waals surface area contributed by atoms with Gasteiger partial charge in [-0.25, -0.2) is 0 Å². The third-order valence-electron chi connectivity index (χ3n) is 2.46. The number of para-hydroxylation sites is 1. The van der Waals surface area contributed by atoms with E-state index in [1.165, 1.54) is 0 Å². The van der Waals surface area contributed by atoms with Crippen molar-refractivity contribution in [2.24, 2.45) is 5.41 Å². The lowest BCUT2D eigenvalue weighted by Gasteiger charge is -2.18. The van der Waals surface area contributed by atoms with Crippen LogP contribution in [0.2, 0.25) is 5.02 Å². The second kappa shape index (κ2) is 5.41. The molecule has 0 bridgehead atoms. The molecule has 0 aliphatic rings. The predicted molar refractivity (Wildman–Crippen MR) is 72.3 cm³/mol. The highest BCUT2D eigenvalue weighted by atomic mass is 35.5. The largest absolute Gasteiger partial charge is 0.397 e. The maximum Gasteiger partial charge on any atom is 0.253 e. The summed E-state index contributed by atoms with van der Waals surface area (Å²) in [5.41, 5.74) is 6.72. The molecule has 4 heteroatoms. The molecule has 0 saturated carbocycles. The highest BCUT2D eigenvalue weighted by Crippen LogP contribution is 2.22. The van der Waals surface area contributed by atoms with Crippen LogP contribution in [0.3, 0.4) is 0 Å². The Morgan fingerprint density at radius 3 is 2.65 bits per heavy atom. The van der Waals surface area contributed by atoms with Gasteiger partial charge in [-0.15, -0.1) is 0 Å². The number of carbonyl (C=O) groups is 1. The first-order chi connectivity index (χ1) is 7.81. The lowest BCUT2D eigenvalue weighted by Crippen LogP contribution is -2.27. The van der Waals surface area contributed by atoms with Gasteiger partial charge in [0.05, 0.1) is 16.3 Å². The Balaban J connectivity index is 2.62. The van der Waals surface area contributed by atoms with Gasteiger partial charge in [0, 0.05) is 6.54 Å². The number of hydrogen-bond acceptors (Lipinski definition) is 2.